The van der Waals surface area contributed by atoms with Gasteiger partial charge in [-0.2, -0.15) is 5.26 Å². The molecule has 3 aromatic rings. The van der Waals surface area contributed by atoms with Crippen molar-refractivity contribution in [2.45, 2.75) is 27.4 Å². The summed E-state index contributed by atoms with van der Waals surface area (Å²) in [7, 11) is 0. The topological polar surface area (TPSA) is 71.3 Å². The standard InChI is InChI=1S/C27H26N2O3/c1-4-31-26-16-22(13-14-25(26)32-18-21-11-9-19(2)10-12-21)15-23(17-28)27(30)29-24-8-6-5-7-20(24)3/h5-16H,4,18H2,1-3H3,(H,29,30)/b23-15-. The third-order valence-corrected chi connectivity index (χ3v) is 4.85. The number of ether oxygens (including phenoxy) is 2. The minimum atomic E-state index is -0.459. The van der Waals surface area contributed by atoms with E-state index in [0.29, 0.717) is 36.0 Å². The first kappa shape index (κ1) is 22.6. The number of nitriles is 1. The zero-order chi connectivity index (χ0) is 22.9. The molecule has 0 unspecified atom stereocenters. The van der Waals surface area contributed by atoms with E-state index in [2.05, 4.69) is 5.32 Å². The van der Waals surface area contributed by atoms with E-state index in [1.165, 1.54) is 5.56 Å². The van der Waals surface area contributed by atoms with Gasteiger partial charge in [-0.25, -0.2) is 0 Å². The predicted molar refractivity (Wildman–Crippen MR) is 127 cm³/mol. The van der Waals surface area contributed by atoms with Crippen LogP contribution in [-0.4, -0.2) is 12.5 Å². The summed E-state index contributed by atoms with van der Waals surface area (Å²) in [6.07, 6.45) is 1.54. The van der Waals surface area contributed by atoms with Gasteiger partial charge in [-0.05, 0) is 61.7 Å². The third-order valence-electron chi connectivity index (χ3n) is 4.85. The second-order valence-corrected chi connectivity index (χ2v) is 7.35. The van der Waals surface area contributed by atoms with E-state index in [4.69, 9.17) is 9.47 Å². The first-order valence-corrected chi connectivity index (χ1v) is 10.4. The van der Waals surface area contributed by atoms with Gasteiger partial charge in [-0.3, -0.25) is 4.79 Å². The van der Waals surface area contributed by atoms with E-state index in [9.17, 15) is 10.1 Å². The molecule has 32 heavy (non-hydrogen) atoms. The summed E-state index contributed by atoms with van der Waals surface area (Å²) in [6, 6.07) is 22.9. The summed E-state index contributed by atoms with van der Waals surface area (Å²) < 4.78 is 11.7. The summed E-state index contributed by atoms with van der Waals surface area (Å²) >= 11 is 0. The van der Waals surface area contributed by atoms with Crippen LogP contribution in [0.1, 0.15) is 29.2 Å². The second kappa shape index (κ2) is 10.8. The van der Waals surface area contributed by atoms with Crippen molar-refractivity contribution < 1.29 is 14.3 Å². The highest BCUT2D eigenvalue weighted by molar-refractivity contribution is 6.10. The van der Waals surface area contributed by atoms with Crippen LogP contribution < -0.4 is 14.8 Å². The number of hydrogen-bond donors (Lipinski definition) is 1. The summed E-state index contributed by atoms with van der Waals surface area (Å²) in [4.78, 5) is 12.6. The Morgan fingerprint density at radius 3 is 2.44 bits per heavy atom. The first-order valence-electron chi connectivity index (χ1n) is 10.4. The molecule has 0 saturated heterocycles. The van der Waals surface area contributed by atoms with Gasteiger partial charge in [-0.15, -0.1) is 0 Å². The van der Waals surface area contributed by atoms with Gasteiger partial charge >= 0.3 is 0 Å². The lowest BCUT2D eigenvalue weighted by Gasteiger charge is -2.13. The molecule has 0 bridgehead atoms. The van der Waals surface area contributed by atoms with Crippen molar-refractivity contribution in [3.05, 3.63) is 94.6 Å². The van der Waals surface area contributed by atoms with Crippen molar-refractivity contribution in [1.29, 1.82) is 5.26 Å². The third kappa shape index (κ3) is 5.99. The van der Waals surface area contributed by atoms with E-state index in [1.54, 1.807) is 30.3 Å². The van der Waals surface area contributed by atoms with Crippen molar-refractivity contribution in [1.82, 2.24) is 0 Å². The molecule has 3 rings (SSSR count). The minimum Gasteiger partial charge on any atom is -0.490 e. The number of carbonyl (C=O) groups excluding carboxylic acids is 1. The number of anilines is 1. The van der Waals surface area contributed by atoms with Crippen LogP contribution in [0.4, 0.5) is 5.69 Å². The van der Waals surface area contributed by atoms with Gasteiger partial charge in [-0.1, -0.05) is 54.1 Å². The van der Waals surface area contributed by atoms with Gasteiger partial charge in [0.25, 0.3) is 5.91 Å². The number of rotatable bonds is 8. The number of amides is 1. The molecular formula is C27H26N2O3. The van der Waals surface area contributed by atoms with Crippen molar-refractivity contribution >= 4 is 17.7 Å². The highest BCUT2D eigenvalue weighted by atomic mass is 16.5. The molecule has 3 aromatic carbocycles. The van der Waals surface area contributed by atoms with Gasteiger partial charge in [0.15, 0.2) is 11.5 Å². The van der Waals surface area contributed by atoms with E-state index in [0.717, 1.165) is 11.1 Å². The molecule has 0 aromatic heterocycles. The molecule has 0 aliphatic carbocycles. The lowest BCUT2D eigenvalue weighted by molar-refractivity contribution is -0.112. The van der Waals surface area contributed by atoms with Crippen LogP contribution in [0.25, 0.3) is 6.08 Å². The number of carbonyl (C=O) groups is 1. The van der Waals surface area contributed by atoms with E-state index < -0.39 is 5.91 Å². The fraction of sp³-hybridized carbons (Fsp3) is 0.185. The Balaban J connectivity index is 1.78. The normalized spacial score (nSPS) is 10.9. The van der Waals surface area contributed by atoms with Crippen LogP contribution in [0.15, 0.2) is 72.3 Å². The summed E-state index contributed by atoms with van der Waals surface area (Å²) in [5, 5.41) is 12.3. The molecule has 0 atom stereocenters. The van der Waals surface area contributed by atoms with Crippen LogP contribution in [0.2, 0.25) is 0 Å². The molecule has 0 saturated carbocycles. The fourth-order valence-corrected chi connectivity index (χ4v) is 3.07. The van der Waals surface area contributed by atoms with Gasteiger partial charge < -0.3 is 14.8 Å². The molecule has 0 spiro atoms. The number of aryl methyl sites for hydroxylation is 2. The average molecular weight is 427 g/mol. The zero-order valence-corrected chi connectivity index (χ0v) is 18.5. The van der Waals surface area contributed by atoms with Crippen LogP contribution in [-0.2, 0) is 11.4 Å². The molecule has 0 fully saturated rings. The van der Waals surface area contributed by atoms with E-state index in [-0.39, 0.29) is 5.57 Å². The van der Waals surface area contributed by atoms with Crippen molar-refractivity contribution in [2.24, 2.45) is 0 Å². The lowest BCUT2D eigenvalue weighted by Crippen LogP contribution is -2.14. The van der Waals surface area contributed by atoms with Gasteiger partial charge in [0.05, 0.1) is 6.61 Å². The van der Waals surface area contributed by atoms with Gasteiger partial charge in [0, 0.05) is 5.69 Å². The largest absolute Gasteiger partial charge is 0.490 e. The van der Waals surface area contributed by atoms with E-state index in [1.807, 2.05) is 69.3 Å². The van der Waals surface area contributed by atoms with Gasteiger partial charge in [0.2, 0.25) is 0 Å². The van der Waals surface area contributed by atoms with Crippen LogP contribution in [0, 0.1) is 25.2 Å². The average Bonchev–Trinajstić information content (AvgIpc) is 2.79. The molecular weight excluding hydrogens is 400 g/mol. The molecule has 1 amide bonds. The smallest absolute Gasteiger partial charge is 0.266 e. The Kier molecular flexibility index (Phi) is 7.66. The van der Waals surface area contributed by atoms with Gasteiger partial charge in [0.1, 0.15) is 18.2 Å². The summed E-state index contributed by atoms with van der Waals surface area (Å²) in [6.45, 7) is 6.71. The number of hydrogen-bond acceptors (Lipinski definition) is 4. The molecule has 0 radical (unpaired) electrons. The quantitative estimate of drug-likeness (QED) is 0.363. The number of para-hydroxylation sites is 1. The SMILES string of the molecule is CCOc1cc(/C=C(/C#N)C(=O)Nc2ccccc2C)ccc1OCc1ccc(C)cc1. The molecule has 5 heteroatoms. The van der Waals surface area contributed by atoms with Crippen LogP contribution >= 0.6 is 0 Å². The Bertz CT molecular complexity index is 1160. The molecule has 1 N–H and O–H groups in total. The highest BCUT2D eigenvalue weighted by Crippen LogP contribution is 2.30. The Morgan fingerprint density at radius 1 is 1.00 bits per heavy atom. The Hall–Kier alpha value is -4.04. The molecule has 0 heterocycles. The number of benzene rings is 3. The maximum atomic E-state index is 12.6. The molecule has 0 aliphatic heterocycles. The molecule has 5 nitrogen and oxygen atoms in total. The maximum Gasteiger partial charge on any atom is 0.266 e. The lowest BCUT2D eigenvalue weighted by atomic mass is 10.1. The highest BCUT2D eigenvalue weighted by Gasteiger charge is 2.12. The minimum absolute atomic E-state index is 0.00373. The second-order valence-electron chi connectivity index (χ2n) is 7.35. The number of nitrogens with one attached hydrogen (secondary N) is 1. The van der Waals surface area contributed by atoms with Crippen LogP contribution in [0.3, 0.4) is 0 Å². The molecule has 0 aliphatic rings. The monoisotopic (exact) mass is 426 g/mol. The number of nitrogens with zero attached hydrogens (tertiary/aromatic N) is 1. The fourth-order valence-electron chi connectivity index (χ4n) is 3.07. The Morgan fingerprint density at radius 2 is 1.75 bits per heavy atom. The van der Waals surface area contributed by atoms with Crippen molar-refractivity contribution in [3.8, 4) is 17.6 Å². The zero-order valence-electron chi connectivity index (χ0n) is 18.5. The summed E-state index contributed by atoms with van der Waals surface area (Å²) in [5.74, 6) is 0.705. The van der Waals surface area contributed by atoms with Crippen molar-refractivity contribution in [3.63, 3.8) is 0 Å². The first-order chi connectivity index (χ1) is 15.5. The van der Waals surface area contributed by atoms with Crippen molar-refractivity contribution in [2.75, 3.05) is 11.9 Å². The predicted octanol–water partition coefficient (Wildman–Crippen LogP) is 5.83. The van der Waals surface area contributed by atoms with Crippen LogP contribution in [0.5, 0.6) is 11.5 Å². The Labute approximate surface area is 188 Å². The van der Waals surface area contributed by atoms with E-state index >= 15 is 0 Å². The summed E-state index contributed by atoms with van der Waals surface area (Å²) in [5.41, 5.74) is 4.53. The molecule has 162 valence electrons. The maximum absolute atomic E-state index is 12.6.